The van der Waals surface area contributed by atoms with Gasteiger partial charge in [0.15, 0.2) is 0 Å². The molecule has 2 N–H and O–H groups in total. The van der Waals surface area contributed by atoms with E-state index in [-0.39, 0.29) is 0 Å². The van der Waals surface area contributed by atoms with Crippen molar-refractivity contribution in [2.45, 2.75) is 13.5 Å². The van der Waals surface area contributed by atoms with Crippen LogP contribution >= 0.6 is 11.6 Å². The van der Waals surface area contributed by atoms with Crippen LogP contribution in [-0.4, -0.2) is 16.7 Å². The van der Waals surface area contributed by atoms with E-state index in [2.05, 4.69) is 4.98 Å². The minimum atomic E-state index is 0.439. The molecule has 0 amide bonds. The monoisotopic (exact) mass is 265 g/mol. The summed E-state index contributed by atoms with van der Waals surface area (Å²) in [5.74, 6) is 0.670. The van der Waals surface area contributed by atoms with Crippen LogP contribution in [-0.2, 0) is 13.6 Å². The second kappa shape index (κ2) is 5.00. The van der Waals surface area contributed by atoms with Crippen LogP contribution in [0.1, 0.15) is 11.3 Å². The molecule has 0 fully saturated rings. The molecule has 0 saturated carbocycles. The number of halogens is 1. The molecule has 0 radical (unpaired) electrons. The highest BCUT2D eigenvalue weighted by Crippen LogP contribution is 2.33. The number of ether oxygens (including phenoxy) is 1. The largest absolute Gasteiger partial charge is 0.495 e. The van der Waals surface area contributed by atoms with Crippen LogP contribution < -0.4 is 10.5 Å². The normalized spacial score (nSPS) is 10.7. The molecule has 2 aromatic rings. The summed E-state index contributed by atoms with van der Waals surface area (Å²) >= 11 is 6.16. The number of rotatable bonds is 3. The standard InChI is InChI=1S/C13H16ClN3O/c1-8-4-12(18-3)10(14)5-9(8)13-11(6-15)17(2)7-16-13/h4-5,7H,6,15H2,1-3H3. The zero-order chi connectivity index (χ0) is 13.3. The van der Waals surface area contributed by atoms with Crippen LogP contribution in [0.25, 0.3) is 11.3 Å². The Morgan fingerprint density at radius 1 is 1.44 bits per heavy atom. The van der Waals surface area contributed by atoms with E-state index >= 15 is 0 Å². The number of methoxy groups -OCH3 is 1. The lowest BCUT2D eigenvalue weighted by atomic mass is 10.0. The van der Waals surface area contributed by atoms with Gasteiger partial charge in [-0.25, -0.2) is 4.98 Å². The number of hydrogen-bond acceptors (Lipinski definition) is 3. The molecule has 1 aromatic heterocycles. The molecule has 4 nitrogen and oxygen atoms in total. The van der Waals surface area contributed by atoms with Crippen molar-refractivity contribution in [2.75, 3.05) is 7.11 Å². The second-order valence-corrected chi connectivity index (χ2v) is 4.56. The van der Waals surface area contributed by atoms with Crippen molar-refractivity contribution in [1.82, 2.24) is 9.55 Å². The molecular weight excluding hydrogens is 250 g/mol. The molecule has 0 atom stereocenters. The van der Waals surface area contributed by atoms with E-state index in [1.807, 2.05) is 30.7 Å². The number of hydrogen-bond donors (Lipinski definition) is 1. The van der Waals surface area contributed by atoms with Crippen LogP contribution in [0.2, 0.25) is 5.02 Å². The van der Waals surface area contributed by atoms with Crippen LogP contribution in [0, 0.1) is 6.92 Å². The molecule has 1 aromatic carbocycles. The Labute approximate surface area is 111 Å². The summed E-state index contributed by atoms with van der Waals surface area (Å²) in [6, 6.07) is 3.78. The van der Waals surface area contributed by atoms with Gasteiger partial charge in [0.1, 0.15) is 5.75 Å². The number of aromatic nitrogens is 2. The molecule has 0 spiro atoms. The summed E-state index contributed by atoms with van der Waals surface area (Å²) in [6.07, 6.45) is 1.76. The summed E-state index contributed by atoms with van der Waals surface area (Å²) in [5.41, 5.74) is 9.67. The Hall–Kier alpha value is -1.52. The van der Waals surface area contributed by atoms with Gasteiger partial charge in [-0.3, -0.25) is 0 Å². The number of aryl methyl sites for hydroxylation is 2. The van der Waals surface area contributed by atoms with Crippen molar-refractivity contribution in [3.8, 4) is 17.0 Å². The Morgan fingerprint density at radius 2 is 2.17 bits per heavy atom. The number of benzene rings is 1. The summed E-state index contributed by atoms with van der Waals surface area (Å²) in [4.78, 5) is 4.40. The Balaban J connectivity index is 2.60. The first kappa shape index (κ1) is 12.9. The zero-order valence-corrected chi connectivity index (χ0v) is 11.5. The number of nitrogens with two attached hydrogens (primary N) is 1. The first-order valence-electron chi connectivity index (χ1n) is 5.63. The zero-order valence-electron chi connectivity index (χ0n) is 10.7. The predicted molar refractivity (Wildman–Crippen MR) is 72.8 cm³/mol. The lowest BCUT2D eigenvalue weighted by Crippen LogP contribution is -2.04. The quantitative estimate of drug-likeness (QED) is 0.928. The number of imidazole rings is 1. The highest BCUT2D eigenvalue weighted by molar-refractivity contribution is 6.32. The third-order valence-electron chi connectivity index (χ3n) is 3.01. The minimum Gasteiger partial charge on any atom is -0.495 e. The molecule has 0 aliphatic heterocycles. The van der Waals surface area contributed by atoms with Crippen LogP contribution in [0.5, 0.6) is 5.75 Å². The first-order valence-corrected chi connectivity index (χ1v) is 6.01. The molecule has 0 unspecified atom stereocenters. The van der Waals surface area contributed by atoms with E-state index in [9.17, 15) is 0 Å². The summed E-state index contributed by atoms with van der Waals surface area (Å²) < 4.78 is 7.12. The van der Waals surface area contributed by atoms with Crippen LogP contribution in [0.3, 0.4) is 0 Å². The van der Waals surface area contributed by atoms with Gasteiger partial charge in [-0.15, -0.1) is 0 Å². The van der Waals surface area contributed by atoms with Crippen molar-refractivity contribution in [2.24, 2.45) is 12.8 Å². The number of nitrogens with zero attached hydrogens (tertiary/aromatic N) is 2. The van der Waals surface area contributed by atoms with Crippen molar-refractivity contribution < 1.29 is 4.74 Å². The fourth-order valence-corrected chi connectivity index (χ4v) is 2.23. The average molecular weight is 266 g/mol. The summed E-state index contributed by atoms with van der Waals surface area (Å²) in [5, 5.41) is 0.576. The van der Waals surface area contributed by atoms with Gasteiger partial charge >= 0.3 is 0 Å². The highest BCUT2D eigenvalue weighted by atomic mass is 35.5. The van der Waals surface area contributed by atoms with Crippen LogP contribution in [0.4, 0.5) is 0 Å². The van der Waals surface area contributed by atoms with Gasteiger partial charge in [-0.05, 0) is 24.6 Å². The molecule has 0 bridgehead atoms. The summed E-state index contributed by atoms with van der Waals surface area (Å²) in [7, 11) is 3.53. The molecule has 18 heavy (non-hydrogen) atoms. The molecule has 1 heterocycles. The predicted octanol–water partition coefficient (Wildman–Crippen LogP) is 2.52. The van der Waals surface area contributed by atoms with E-state index < -0.39 is 0 Å². The second-order valence-electron chi connectivity index (χ2n) is 4.16. The maximum Gasteiger partial charge on any atom is 0.137 e. The Bertz CT molecular complexity index is 578. The molecule has 96 valence electrons. The van der Waals surface area contributed by atoms with Gasteiger partial charge in [-0.2, -0.15) is 0 Å². The third-order valence-corrected chi connectivity index (χ3v) is 3.30. The molecule has 0 aliphatic rings. The van der Waals surface area contributed by atoms with Crippen molar-refractivity contribution in [3.05, 3.63) is 34.7 Å². The Morgan fingerprint density at radius 3 is 2.78 bits per heavy atom. The van der Waals surface area contributed by atoms with Gasteiger partial charge in [0.25, 0.3) is 0 Å². The topological polar surface area (TPSA) is 53.1 Å². The minimum absolute atomic E-state index is 0.439. The van der Waals surface area contributed by atoms with E-state index in [0.717, 1.165) is 22.5 Å². The summed E-state index contributed by atoms with van der Waals surface area (Å²) in [6.45, 7) is 2.44. The fourth-order valence-electron chi connectivity index (χ4n) is 1.99. The van der Waals surface area contributed by atoms with Crippen molar-refractivity contribution in [1.29, 1.82) is 0 Å². The third kappa shape index (κ3) is 2.09. The lowest BCUT2D eigenvalue weighted by molar-refractivity contribution is 0.415. The van der Waals surface area contributed by atoms with Gasteiger partial charge in [0.2, 0.25) is 0 Å². The van der Waals surface area contributed by atoms with Crippen molar-refractivity contribution >= 4 is 11.6 Å². The molecule has 5 heteroatoms. The van der Waals surface area contributed by atoms with Gasteiger partial charge in [0, 0.05) is 19.2 Å². The van der Waals surface area contributed by atoms with Gasteiger partial charge in [0.05, 0.1) is 29.8 Å². The fraction of sp³-hybridized carbons (Fsp3) is 0.308. The SMILES string of the molecule is COc1cc(C)c(-c2ncn(C)c2CN)cc1Cl. The van der Waals surface area contributed by atoms with E-state index in [4.69, 9.17) is 22.1 Å². The van der Waals surface area contributed by atoms with Crippen LogP contribution in [0.15, 0.2) is 18.5 Å². The first-order chi connectivity index (χ1) is 8.58. The smallest absolute Gasteiger partial charge is 0.137 e. The maximum atomic E-state index is 6.16. The molecule has 0 aliphatic carbocycles. The van der Waals surface area contributed by atoms with Gasteiger partial charge < -0.3 is 15.0 Å². The van der Waals surface area contributed by atoms with E-state index in [1.165, 1.54) is 0 Å². The van der Waals surface area contributed by atoms with Gasteiger partial charge in [-0.1, -0.05) is 11.6 Å². The molecule has 2 rings (SSSR count). The molecular formula is C13H16ClN3O. The van der Waals surface area contributed by atoms with E-state index in [0.29, 0.717) is 17.3 Å². The van der Waals surface area contributed by atoms with E-state index in [1.54, 1.807) is 13.4 Å². The Kier molecular flexibility index (Phi) is 3.59. The lowest BCUT2D eigenvalue weighted by Gasteiger charge is -2.10. The van der Waals surface area contributed by atoms with Crippen molar-refractivity contribution in [3.63, 3.8) is 0 Å². The average Bonchev–Trinajstić information content (AvgIpc) is 2.72. The molecule has 0 saturated heterocycles. The highest BCUT2D eigenvalue weighted by Gasteiger charge is 2.14. The maximum absolute atomic E-state index is 6.16.